The van der Waals surface area contributed by atoms with Gasteiger partial charge in [0.15, 0.2) is 0 Å². The van der Waals surface area contributed by atoms with Crippen molar-refractivity contribution in [2.24, 2.45) is 5.92 Å². The molecule has 10 nitrogen and oxygen atoms in total. The van der Waals surface area contributed by atoms with Crippen molar-refractivity contribution in [1.29, 1.82) is 0 Å². The van der Waals surface area contributed by atoms with Crippen molar-refractivity contribution in [2.75, 3.05) is 19.7 Å². The molecule has 4 aliphatic heterocycles. The van der Waals surface area contributed by atoms with Crippen LogP contribution in [0.15, 0.2) is 23.8 Å². The van der Waals surface area contributed by atoms with Gasteiger partial charge in [-0.3, -0.25) is 4.79 Å². The van der Waals surface area contributed by atoms with E-state index in [2.05, 4.69) is 18.5 Å². The van der Waals surface area contributed by atoms with Gasteiger partial charge < -0.3 is 34.2 Å². The molecule has 0 bridgehead atoms. The molecule has 4 fully saturated rings. The molecule has 3 N–H and O–H groups in total. The van der Waals surface area contributed by atoms with Crippen LogP contribution in [0, 0.1) is 5.92 Å². The van der Waals surface area contributed by atoms with Gasteiger partial charge >= 0.3 is 12.1 Å². The number of amides is 1. The van der Waals surface area contributed by atoms with Crippen molar-refractivity contribution in [3.05, 3.63) is 23.8 Å². The largest absolute Gasteiger partial charge is 0.481 e. The summed E-state index contributed by atoms with van der Waals surface area (Å²) in [5.41, 5.74) is 3.26. The molecule has 1 amide bonds. The Morgan fingerprint density at radius 1 is 1.19 bits per heavy atom. The van der Waals surface area contributed by atoms with Gasteiger partial charge in [0.25, 0.3) is 0 Å². The molecule has 0 aliphatic carbocycles. The minimum Gasteiger partial charge on any atom is -0.481 e. The number of hydrogen-bond donors (Lipinski definition) is 3. The Bertz CT molecular complexity index is 866. The number of hydrogen-bond acceptors (Lipinski definition) is 8. The van der Waals surface area contributed by atoms with Gasteiger partial charge in [-0.15, -0.1) is 5.48 Å². The number of aliphatic carboxylic acids is 1. The first-order valence-corrected chi connectivity index (χ1v) is 13.6. The molecule has 4 heterocycles. The highest BCUT2D eigenvalue weighted by Crippen LogP contribution is 2.43. The minimum atomic E-state index is -0.926. The molecule has 0 aromatic heterocycles. The van der Waals surface area contributed by atoms with Crippen LogP contribution in [0.1, 0.15) is 65.7 Å². The number of carboxylic acids is 1. The normalized spacial score (nSPS) is 38.6. The van der Waals surface area contributed by atoms with Gasteiger partial charge in [0.1, 0.15) is 17.8 Å². The van der Waals surface area contributed by atoms with E-state index in [1.165, 1.54) is 0 Å². The number of piperidine rings is 1. The topological polar surface area (TPSA) is 130 Å². The van der Waals surface area contributed by atoms with Gasteiger partial charge in [-0.2, -0.15) is 0 Å². The quantitative estimate of drug-likeness (QED) is 0.250. The lowest BCUT2D eigenvalue weighted by molar-refractivity contribution is -0.155. The number of epoxide rings is 1. The van der Waals surface area contributed by atoms with E-state index >= 15 is 0 Å². The molecule has 0 unspecified atom stereocenters. The highest BCUT2D eigenvalue weighted by atomic mass is 16.7. The maximum Gasteiger partial charge on any atom is 0.428 e. The van der Waals surface area contributed by atoms with Crippen molar-refractivity contribution in [3.63, 3.8) is 0 Å². The molecule has 4 saturated heterocycles. The standard InChI is InChI=1S/C27H42N2O8/c1-17(8-10-23-25(32)27(16-34-27)15-20(36-23)14-24(30)31)7-9-22-18(2)13-21(19(3)35-22)28-37-26(33)29-11-5-4-6-12-29/h7-8,10,18-23,25,28,32H,4-6,9,11-16H2,1-3H3,(H,30,31)/b10-8+,17-7+/t18-,19+,20+,21+,22-,23+,25+,27+/m0/s1. The Hall–Kier alpha value is -1.98. The van der Waals surface area contributed by atoms with Crippen LogP contribution in [0.5, 0.6) is 0 Å². The summed E-state index contributed by atoms with van der Waals surface area (Å²) in [5.74, 6) is -0.660. The van der Waals surface area contributed by atoms with Crippen molar-refractivity contribution in [2.45, 2.75) is 108 Å². The highest BCUT2D eigenvalue weighted by Gasteiger charge is 2.58. The number of nitrogens with zero attached hydrogens (tertiary/aromatic N) is 1. The van der Waals surface area contributed by atoms with Crippen LogP contribution in [0.25, 0.3) is 0 Å². The Labute approximate surface area is 218 Å². The smallest absolute Gasteiger partial charge is 0.428 e. The summed E-state index contributed by atoms with van der Waals surface area (Å²) in [4.78, 5) is 30.6. The number of carbonyl (C=O) groups excluding carboxylic acids is 1. The number of rotatable bonds is 8. The molecule has 0 saturated carbocycles. The summed E-state index contributed by atoms with van der Waals surface area (Å²) in [5, 5.41) is 19.8. The maximum absolute atomic E-state index is 12.3. The zero-order valence-corrected chi connectivity index (χ0v) is 22.1. The number of aliphatic hydroxyl groups excluding tert-OH is 1. The zero-order valence-electron chi connectivity index (χ0n) is 22.1. The Morgan fingerprint density at radius 3 is 2.59 bits per heavy atom. The lowest BCUT2D eigenvalue weighted by Crippen LogP contribution is -2.50. The van der Waals surface area contributed by atoms with Crippen molar-refractivity contribution < 1.29 is 38.9 Å². The number of likely N-dealkylation sites (tertiary alicyclic amines) is 1. The van der Waals surface area contributed by atoms with Crippen molar-refractivity contribution in [1.82, 2.24) is 10.4 Å². The van der Waals surface area contributed by atoms with E-state index in [9.17, 15) is 14.7 Å². The van der Waals surface area contributed by atoms with Gasteiger partial charge in [0, 0.05) is 19.5 Å². The second kappa shape index (κ2) is 12.3. The van der Waals surface area contributed by atoms with Crippen LogP contribution in [-0.2, 0) is 23.8 Å². The van der Waals surface area contributed by atoms with E-state index in [0.29, 0.717) is 13.0 Å². The Morgan fingerprint density at radius 2 is 1.92 bits per heavy atom. The summed E-state index contributed by atoms with van der Waals surface area (Å²) in [6, 6.07) is -0.0642. The minimum absolute atomic E-state index is 0.0359. The van der Waals surface area contributed by atoms with Gasteiger partial charge in [0.2, 0.25) is 0 Å². The lowest BCUT2D eigenvalue weighted by Gasteiger charge is -2.39. The predicted molar refractivity (Wildman–Crippen MR) is 135 cm³/mol. The van der Waals surface area contributed by atoms with Crippen molar-refractivity contribution in [3.8, 4) is 0 Å². The van der Waals surface area contributed by atoms with Crippen LogP contribution in [0.2, 0.25) is 0 Å². The first kappa shape index (κ1) is 28.0. The van der Waals surface area contributed by atoms with E-state index in [-0.39, 0.29) is 36.7 Å². The molecule has 0 radical (unpaired) electrons. The van der Waals surface area contributed by atoms with Crippen molar-refractivity contribution >= 4 is 12.1 Å². The molecule has 0 aromatic rings. The van der Waals surface area contributed by atoms with Crippen LogP contribution < -0.4 is 5.48 Å². The maximum atomic E-state index is 12.3. The first-order valence-electron chi connectivity index (χ1n) is 13.6. The molecule has 10 heteroatoms. The van der Waals surface area contributed by atoms with E-state index in [1.807, 2.05) is 19.9 Å². The SMILES string of the molecule is CC(/C=C/[C@H]1O[C@H](CC(=O)O)C[C@@]2(CO2)[C@@H]1O)=C\C[C@@H]1O[C@H](C)[C@H](NOC(=O)N2CCCCC2)C[C@@H]1C. The van der Waals surface area contributed by atoms with Gasteiger partial charge in [-0.25, -0.2) is 4.79 Å². The molecule has 4 aliphatic rings. The molecule has 0 aromatic carbocycles. The first-order chi connectivity index (χ1) is 17.7. The van der Waals surface area contributed by atoms with Gasteiger partial charge in [-0.05, 0) is 51.9 Å². The summed E-state index contributed by atoms with van der Waals surface area (Å²) in [6.45, 7) is 8.03. The monoisotopic (exact) mass is 522 g/mol. The summed E-state index contributed by atoms with van der Waals surface area (Å²) < 4.78 is 17.6. The van der Waals surface area contributed by atoms with E-state index in [1.54, 1.807) is 11.0 Å². The number of nitrogens with one attached hydrogen (secondary N) is 1. The fourth-order valence-corrected chi connectivity index (χ4v) is 5.56. The van der Waals surface area contributed by atoms with Crippen LogP contribution in [0.4, 0.5) is 4.79 Å². The molecule has 37 heavy (non-hydrogen) atoms. The van der Waals surface area contributed by atoms with Crippen LogP contribution >= 0.6 is 0 Å². The Kier molecular flexibility index (Phi) is 9.29. The number of carbonyl (C=O) groups is 2. The molecule has 1 spiro atoms. The molecular formula is C27H42N2O8. The summed E-state index contributed by atoms with van der Waals surface area (Å²) in [6.07, 6.45) is 8.52. The third-order valence-corrected chi connectivity index (χ3v) is 8.04. The van der Waals surface area contributed by atoms with E-state index in [0.717, 1.165) is 50.8 Å². The third-order valence-electron chi connectivity index (χ3n) is 8.04. The number of aliphatic hydroxyl groups is 1. The fourth-order valence-electron chi connectivity index (χ4n) is 5.56. The second-order valence-electron chi connectivity index (χ2n) is 11.1. The van der Waals surface area contributed by atoms with E-state index < -0.39 is 29.9 Å². The van der Waals surface area contributed by atoms with Gasteiger partial charge in [-0.1, -0.05) is 30.7 Å². The van der Waals surface area contributed by atoms with E-state index in [4.69, 9.17) is 24.2 Å². The second-order valence-corrected chi connectivity index (χ2v) is 11.1. The zero-order chi connectivity index (χ0) is 26.6. The molecular weight excluding hydrogens is 480 g/mol. The average Bonchev–Trinajstić information content (AvgIpc) is 3.64. The summed E-state index contributed by atoms with van der Waals surface area (Å²) >= 11 is 0. The number of carboxylic acid groups (broad SMARTS) is 1. The average molecular weight is 523 g/mol. The fraction of sp³-hybridized carbons (Fsp3) is 0.778. The summed E-state index contributed by atoms with van der Waals surface area (Å²) in [7, 11) is 0. The third kappa shape index (κ3) is 7.32. The van der Waals surface area contributed by atoms with Crippen LogP contribution in [-0.4, -0.2) is 89.0 Å². The van der Waals surface area contributed by atoms with Crippen LogP contribution in [0.3, 0.4) is 0 Å². The molecule has 4 rings (SSSR count). The predicted octanol–water partition coefficient (Wildman–Crippen LogP) is 2.95. The number of allylic oxidation sites excluding steroid dienone is 2. The Balaban J connectivity index is 1.24. The highest BCUT2D eigenvalue weighted by molar-refractivity contribution is 5.67. The number of hydroxylamine groups is 1. The molecule has 8 atom stereocenters. The lowest BCUT2D eigenvalue weighted by atomic mass is 9.87. The van der Waals surface area contributed by atoms with Gasteiger partial charge in [0.05, 0.1) is 37.4 Å². The number of ether oxygens (including phenoxy) is 3. The molecule has 208 valence electrons.